The zero-order chi connectivity index (χ0) is 24.2. The molecule has 2 aliphatic carbocycles. The van der Waals surface area contributed by atoms with Crippen molar-refractivity contribution in [2.24, 2.45) is 0 Å². The molecule has 0 aliphatic heterocycles. The zero-order valence-electron chi connectivity index (χ0n) is 19.1. The van der Waals surface area contributed by atoms with Gasteiger partial charge in [0.15, 0.2) is 5.75 Å². The van der Waals surface area contributed by atoms with Crippen LogP contribution in [0.4, 0.5) is 0 Å². The molecule has 0 amide bonds. The van der Waals surface area contributed by atoms with Crippen LogP contribution >= 0.6 is 11.3 Å². The molecule has 1 aromatic carbocycles. The summed E-state index contributed by atoms with van der Waals surface area (Å²) in [6.07, 6.45) is 5.30. The molecule has 0 saturated heterocycles. The summed E-state index contributed by atoms with van der Waals surface area (Å²) in [4.78, 5) is 27.7. The number of carbonyl (C=O) groups is 1. The third-order valence-corrected chi connectivity index (χ3v) is 7.98. The summed E-state index contributed by atoms with van der Waals surface area (Å²) in [7, 11) is -1.93. The van der Waals surface area contributed by atoms with Crippen molar-refractivity contribution in [2.75, 3.05) is 20.0 Å². The van der Waals surface area contributed by atoms with Crippen molar-refractivity contribution in [3.8, 4) is 16.2 Å². The predicted molar refractivity (Wildman–Crippen MR) is 129 cm³/mol. The monoisotopic (exact) mass is 503 g/mol. The van der Waals surface area contributed by atoms with Crippen molar-refractivity contribution in [1.29, 1.82) is 0 Å². The summed E-state index contributed by atoms with van der Waals surface area (Å²) in [5, 5.41) is 0.420. The molecule has 2 aromatic heterocycles. The van der Waals surface area contributed by atoms with Gasteiger partial charge in [-0.25, -0.2) is 4.79 Å². The van der Waals surface area contributed by atoms with E-state index < -0.39 is 16.1 Å². The van der Waals surface area contributed by atoms with Crippen LogP contribution in [0.15, 0.2) is 29.2 Å². The van der Waals surface area contributed by atoms with E-state index in [1.807, 2.05) is 16.7 Å². The van der Waals surface area contributed by atoms with Crippen molar-refractivity contribution in [3.63, 3.8) is 0 Å². The van der Waals surface area contributed by atoms with Gasteiger partial charge in [0.1, 0.15) is 5.56 Å². The highest BCUT2D eigenvalue weighted by Gasteiger charge is 2.31. The predicted octanol–water partition coefficient (Wildman–Crippen LogP) is 3.69. The highest BCUT2D eigenvalue weighted by molar-refractivity contribution is 7.86. The number of benzene rings is 1. The van der Waals surface area contributed by atoms with Gasteiger partial charge in [0.25, 0.3) is 10.1 Å². The van der Waals surface area contributed by atoms with Crippen LogP contribution in [0.3, 0.4) is 0 Å². The smallest absolute Gasteiger partial charge is 0.343 e. The first-order valence-corrected chi connectivity index (χ1v) is 13.8. The van der Waals surface area contributed by atoms with Gasteiger partial charge < -0.3 is 14.0 Å². The van der Waals surface area contributed by atoms with Gasteiger partial charge in [-0.1, -0.05) is 0 Å². The van der Waals surface area contributed by atoms with E-state index in [1.54, 1.807) is 37.6 Å². The Morgan fingerprint density at radius 2 is 2.00 bits per heavy atom. The lowest BCUT2D eigenvalue weighted by atomic mass is 10.0. The SMILES string of the molecule is CCOC(=O)c1cn(C2CC2)c2c(OC)c(-c3cc4c(s3)CC(OS(C)(=O)=O)C4)ccc2c1=O. The van der Waals surface area contributed by atoms with E-state index in [9.17, 15) is 18.0 Å². The Balaban J connectivity index is 1.61. The van der Waals surface area contributed by atoms with Crippen LogP contribution < -0.4 is 10.2 Å². The molecule has 180 valence electrons. The van der Waals surface area contributed by atoms with E-state index in [2.05, 4.69) is 0 Å². The minimum atomic E-state index is -3.51. The van der Waals surface area contributed by atoms with Gasteiger partial charge in [0, 0.05) is 40.4 Å². The number of fused-ring (bicyclic) bond motifs is 2. The first-order valence-electron chi connectivity index (χ1n) is 11.1. The second-order valence-electron chi connectivity index (χ2n) is 8.66. The number of rotatable bonds is 7. The van der Waals surface area contributed by atoms with E-state index in [4.69, 9.17) is 13.7 Å². The fourth-order valence-corrected chi connectivity index (χ4v) is 6.51. The molecular formula is C24H25NO7S2. The minimum Gasteiger partial charge on any atom is -0.494 e. The molecular weight excluding hydrogens is 478 g/mol. The molecule has 0 radical (unpaired) electrons. The number of methoxy groups -OCH3 is 1. The third kappa shape index (κ3) is 4.14. The van der Waals surface area contributed by atoms with E-state index in [1.165, 1.54) is 0 Å². The molecule has 8 nitrogen and oxygen atoms in total. The fourth-order valence-electron chi connectivity index (χ4n) is 4.60. The van der Waals surface area contributed by atoms with E-state index in [0.29, 0.717) is 29.5 Å². The molecule has 1 fully saturated rings. The van der Waals surface area contributed by atoms with Crippen molar-refractivity contribution >= 4 is 38.3 Å². The highest BCUT2D eigenvalue weighted by Crippen LogP contribution is 2.45. The lowest BCUT2D eigenvalue weighted by Gasteiger charge is -2.17. The number of thiophene rings is 1. The maximum atomic E-state index is 13.2. The van der Waals surface area contributed by atoms with Crippen LogP contribution in [0.2, 0.25) is 0 Å². The standard InChI is InChI=1S/C24H25NO7S2/c1-4-31-24(27)18-12-25(14-5-6-14)21-17(22(18)26)8-7-16(23(21)30-2)20-10-13-9-15(11-19(13)33-20)32-34(3,28)29/h7-8,10,12,14-15H,4-6,9,11H2,1-3H3. The topological polar surface area (TPSA) is 101 Å². The Hall–Kier alpha value is -2.69. The van der Waals surface area contributed by atoms with Crippen molar-refractivity contribution < 1.29 is 26.9 Å². The molecule has 1 unspecified atom stereocenters. The molecule has 0 bridgehead atoms. The average Bonchev–Trinajstić information content (AvgIpc) is 3.44. The number of carbonyl (C=O) groups excluding carboxylic acids is 1. The zero-order valence-corrected chi connectivity index (χ0v) is 20.8. The van der Waals surface area contributed by atoms with Gasteiger partial charge >= 0.3 is 5.97 Å². The van der Waals surface area contributed by atoms with Crippen LogP contribution in [0.25, 0.3) is 21.3 Å². The third-order valence-electron chi connectivity index (χ3n) is 6.12. The van der Waals surface area contributed by atoms with Gasteiger partial charge in [-0.05, 0) is 43.5 Å². The van der Waals surface area contributed by atoms with Crippen LogP contribution in [0.1, 0.15) is 46.6 Å². The number of hydrogen-bond acceptors (Lipinski definition) is 8. The maximum absolute atomic E-state index is 13.2. The Morgan fingerprint density at radius 3 is 2.62 bits per heavy atom. The van der Waals surface area contributed by atoms with Crippen molar-refractivity contribution in [2.45, 2.75) is 44.8 Å². The van der Waals surface area contributed by atoms with Crippen LogP contribution in [0, 0.1) is 0 Å². The summed E-state index contributed by atoms with van der Waals surface area (Å²) in [5.41, 5.74) is 2.25. The van der Waals surface area contributed by atoms with Crippen LogP contribution in [-0.4, -0.2) is 45.0 Å². The van der Waals surface area contributed by atoms with E-state index >= 15 is 0 Å². The Labute approximate surface area is 201 Å². The summed E-state index contributed by atoms with van der Waals surface area (Å²) in [6, 6.07) is 5.84. The van der Waals surface area contributed by atoms with Gasteiger partial charge in [-0.2, -0.15) is 8.42 Å². The molecule has 0 spiro atoms. The molecule has 0 N–H and O–H groups in total. The first kappa shape index (κ1) is 23.1. The number of aromatic nitrogens is 1. The molecule has 34 heavy (non-hydrogen) atoms. The normalized spacial score (nSPS) is 17.7. The second kappa shape index (κ2) is 8.51. The molecule has 3 aromatic rings. The van der Waals surface area contributed by atoms with Gasteiger partial charge in [-0.15, -0.1) is 11.3 Å². The largest absolute Gasteiger partial charge is 0.494 e. The summed E-state index contributed by atoms with van der Waals surface area (Å²) in [6.45, 7) is 1.91. The average molecular weight is 504 g/mol. The minimum absolute atomic E-state index is 0.0306. The van der Waals surface area contributed by atoms with E-state index in [-0.39, 0.29) is 29.7 Å². The molecule has 5 rings (SSSR count). The molecule has 2 heterocycles. The van der Waals surface area contributed by atoms with E-state index in [0.717, 1.165) is 40.0 Å². The van der Waals surface area contributed by atoms with Crippen molar-refractivity contribution in [1.82, 2.24) is 4.57 Å². The fraction of sp³-hybridized carbons (Fsp3) is 0.417. The Bertz CT molecular complexity index is 1440. The van der Waals surface area contributed by atoms with Crippen LogP contribution in [0.5, 0.6) is 5.75 Å². The summed E-state index contributed by atoms with van der Waals surface area (Å²) >= 11 is 1.58. The number of esters is 1. The molecule has 10 heteroatoms. The van der Waals surface area contributed by atoms with Gasteiger partial charge in [0.05, 0.1) is 37.0 Å². The highest BCUT2D eigenvalue weighted by atomic mass is 32.2. The van der Waals surface area contributed by atoms with Gasteiger partial charge in [-0.3, -0.25) is 8.98 Å². The number of pyridine rings is 1. The molecule has 2 aliphatic rings. The maximum Gasteiger partial charge on any atom is 0.343 e. The number of ether oxygens (including phenoxy) is 2. The number of hydrogen-bond donors (Lipinski definition) is 0. The van der Waals surface area contributed by atoms with Gasteiger partial charge in [0.2, 0.25) is 5.43 Å². The second-order valence-corrected chi connectivity index (χ2v) is 11.4. The first-order chi connectivity index (χ1) is 16.2. The number of nitrogens with zero attached hydrogens (tertiary/aromatic N) is 1. The lowest BCUT2D eigenvalue weighted by molar-refractivity contribution is 0.0524. The molecule has 1 saturated carbocycles. The Kier molecular flexibility index (Phi) is 5.78. The molecule has 1 atom stereocenters. The quantitative estimate of drug-likeness (QED) is 0.358. The Morgan fingerprint density at radius 1 is 1.24 bits per heavy atom. The summed E-state index contributed by atoms with van der Waals surface area (Å²) < 4.78 is 41.1. The van der Waals surface area contributed by atoms with Crippen LogP contribution in [-0.2, 0) is 31.9 Å². The lowest BCUT2D eigenvalue weighted by Crippen LogP contribution is -2.21. The van der Waals surface area contributed by atoms with Crippen molar-refractivity contribution in [3.05, 3.63) is 50.6 Å². The summed E-state index contributed by atoms with van der Waals surface area (Å²) in [5.74, 6) is -0.0341.